The second-order valence-electron chi connectivity index (χ2n) is 3.92. The molecule has 0 aromatic heterocycles. The predicted octanol–water partition coefficient (Wildman–Crippen LogP) is 1.73. The van der Waals surface area contributed by atoms with Gasteiger partial charge in [-0.05, 0) is 12.8 Å². The summed E-state index contributed by atoms with van der Waals surface area (Å²) in [5.74, 6) is 0.103. The monoisotopic (exact) mass is 198 g/mol. The molecule has 0 aromatic rings. The number of hydrogen-bond acceptors (Lipinski definition) is 3. The lowest BCUT2D eigenvalue weighted by Gasteiger charge is -2.28. The van der Waals surface area contributed by atoms with Gasteiger partial charge in [0.05, 0.1) is 26.4 Å². The molecule has 1 unspecified atom stereocenters. The molecule has 1 saturated heterocycles. The van der Waals surface area contributed by atoms with E-state index < -0.39 is 0 Å². The van der Waals surface area contributed by atoms with Crippen LogP contribution in [-0.2, 0) is 14.2 Å². The minimum Gasteiger partial charge on any atom is -0.377 e. The molecule has 1 atom stereocenters. The quantitative estimate of drug-likeness (QED) is 0.508. The summed E-state index contributed by atoms with van der Waals surface area (Å²) in [6.07, 6.45) is 5.13. The van der Waals surface area contributed by atoms with E-state index in [2.05, 4.69) is 6.58 Å². The van der Waals surface area contributed by atoms with Crippen molar-refractivity contribution in [3.63, 3.8) is 0 Å². The molecule has 0 amide bonds. The predicted molar refractivity (Wildman–Crippen MR) is 53.0 cm³/mol. The van der Waals surface area contributed by atoms with E-state index in [-0.39, 0.29) is 5.79 Å². The average Bonchev–Trinajstić information content (AvgIpc) is 2.80. The molecule has 3 heteroatoms. The van der Waals surface area contributed by atoms with Crippen LogP contribution in [0.5, 0.6) is 0 Å². The zero-order valence-corrected chi connectivity index (χ0v) is 8.54. The molecule has 0 aromatic carbocycles. The second kappa shape index (κ2) is 4.43. The van der Waals surface area contributed by atoms with Gasteiger partial charge in [0.15, 0.2) is 5.79 Å². The number of rotatable bonds is 4. The standard InChI is InChI=1S/C11H18O3/c1-2-6-12-9-10-4-3-5-11(10)13-7-8-14-11/h2,10H,1,3-9H2. The highest BCUT2D eigenvalue weighted by Crippen LogP contribution is 2.42. The number of hydrogen-bond donors (Lipinski definition) is 0. The topological polar surface area (TPSA) is 27.7 Å². The van der Waals surface area contributed by atoms with Crippen LogP contribution in [0.3, 0.4) is 0 Å². The first-order valence-corrected chi connectivity index (χ1v) is 5.34. The fraction of sp³-hybridized carbons (Fsp3) is 0.818. The van der Waals surface area contributed by atoms with Crippen LogP contribution in [0, 0.1) is 5.92 Å². The molecule has 1 aliphatic heterocycles. The Morgan fingerprint density at radius 2 is 2.21 bits per heavy atom. The Labute approximate surface area is 85.0 Å². The van der Waals surface area contributed by atoms with Crippen molar-refractivity contribution < 1.29 is 14.2 Å². The lowest BCUT2D eigenvalue weighted by molar-refractivity contribution is -0.191. The minimum absolute atomic E-state index is 0.304. The SMILES string of the molecule is C=CCOCC1CCCC12OCCO2. The molecular weight excluding hydrogens is 180 g/mol. The summed E-state index contributed by atoms with van der Waals surface area (Å²) in [4.78, 5) is 0. The molecule has 0 N–H and O–H groups in total. The summed E-state index contributed by atoms with van der Waals surface area (Å²) < 4.78 is 16.9. The largest absolute Gasteiger partial charge is 0.377 e. The van der Waals surface area contributed by atoms with E-state index in [4.69, 9.17) is 14.2 Å². The molecule has 80 valence electrons. The van der Waals surface area contributed by atoms with E-state index in [9.17, 15) is 0 Å². The van der Waals surface area contributed by atoms with Gasteiger partial charge in [0, 0.05) is 12.3 Å². The van der Waals surface area contributed by atoms with Gasteiger partial charge < -0.3 is 14.2 Å². The first kappa shape index (κ1) is 10.1. The Bertz CT molecular complexity index is 191. The van der Waals surface area contributed by atoms with Gasteiger partial charge in [-0.25, -0.2) is 0 Å². The molecule has 1 heterocycles. The van der Waals surface area contributed by atoms with Gasteiger partial charge in [-0.15, -0.1) is 6.58 Å². The van der Waals surface area contributed by atoms with E-state index in [1.165, 1.54) is 6.42 Å². The minimum atomic E-state index is -0.304. The Morgan fingerprint density at radius 3 is 2.93 bits per heavy atom. The lowest BCUT2D eigenvalue weighted by Crippen LogP contribution is -2.37. The lowest BCUT2D eigenvalue weighted by atomic mass is 10.0. The number of ether oxygens (including phenoxy) is 3. The van der Waals surface area contributed by atoms with Crippen molar-refractivity contribution in [2.75, 3.05) is 26.4 Å². The fourth-order valence-corrected chi connectivity index (χ4v) is 2.37. The van der Waals surface area contributed by atoms with Crippen LogP contribution in [0.15, 0.2) is 12.7 Å². The maximum atomic E-state index is 5.72. The zero-order chi connectivity index (χ0) is 9.86. The fourth-order valence-electron chi connectivity index (χ4n) is 2.37. The summed E-state index contributed by atoms with van der Waals surface area (Å²) in [5.41, 5.74) is 0. The van der Waals surface area contributed by atoms with Crippen LogP contribution in [0.2, 0.25) is 0 Å². The molecule has 1 spiro atoms. The van der Waals surface area contributed by atoms with Crippen molar-refractivity contribution in [1.82, 2.24) is 0 Å². The van der Waals surface area contributed by atoms with Crippen molar-refractivity contribution in [2.24, 2.45) is 5.92 Å². The maximum Gasteiger partial charge on any atom is 0.173 e. The normalized spacial score (nSPS) is 29.9. The Balaban J connectivity index is 1.86. The van der Waals surface area contributed by atoms with Crippen LogP contribution < -0.4 is 0 Å². The van der Waals surface area contributed by atoms with Crippen LogP contribution in [0.4, 0.5) is 0 Å². The van der Waals surface area contributed by atoms with Gasteiger partial charge in [-0.1, -0.05) is 6.08 Å². The third-order valence-electron chi connectivity index (χ3n) is 3.03. The summed E-state index contributed by atoms with van der Waals surface area (Å²) in [7, 11) is 0. The van der Waals surface area contributed by atoms with E-state index in [1.807, 2.05) is 0 Å². The maximum absolute atomic E-state index is 5.72. The molecule has 0 radical (unpaired) electrons. The highest BCUT2D eigenvalue weighted by atomic mass is 16.7. The van der Waals surface area contributed by atoms with Gasteiger partial charge in [-0.2, -0.15) is 0 Å². The van der Waals surface area contributed by atoms with Crippen molar-refractivity contribution in [3.05, 3.63) is 12.7 Å². The second-order valence-corrected chi connectivity index (χ2v) is 3.92. The molecule has 14 heavy (non-hydrogen) atoms. The zero-order valence-electron chi connectivity index (χ0n) is 8.54. The van der Waals surface area contributed by atoms with E-state index in [1.54, 1.807) is 6.08 Å². The van der Waals surface area contributed by atoms with Gasteiger partial charge in [0.25, 0.3) is 0 Å². The highest BCUT2D eigenvalue weighted by Gasteiger charge is 2.47. The first-order chi connectivity index (χ1) is 6.87. The van der Waals surface area contributed by atoms with Crippen LogP contribution >= 0.6 is 0 Å². The highest BCUT2D eigenvalue weighted by molar-refractivity contribution is 4.89. The van der Waals surface area contributed by atoms with Crippen molar-refractivity contribution in [1.29, 1.82) is 0 Å². The van der Waals surface area contributed by atoms with E-state index in [0.29, 0.717) is 12.5 Å². The van der Waals surface area contributed by atoms with Crippen LogP contribution in [0.25, 0.3) is 0 Å². The molecule has 1 saturated carbocycles. The van der Waals surface area contributed by atoms with Gasteiger partial charge in [0.1, 0.15) is 0 Å². The summed E-state index contributed by atoms with van der Waals surface area (Å²) in [6.45, 7) is 6.44. The van der Waals surface area contributed by atoms with E-state index in [0.717, 1.165) is 32.7 Å². The van der Waals surface area contributed by atoms with Crippen LogP contribution in [-0.4, -0.2) is 32.2 Å². The first-order valence-electron chi connectivity index (χ1n) is 5.34. The van der Waals surface area contributed by atoms with Gasteiger partial charge in [0.2, 0.25) is 0 Å². The van der Waals surface area contributed by atoms with Crippen molar-refractivity contribution in [3.8, 4) is 0 Å². The summed E-state index contributed by atoms with van der Waals surface area (Å²) in [5, 5.41) is 0. The van der Waals surface area contributed by atoms with Gasteiger partial charge in [-0.3, -0.25) is 0 Å². The third-order valence-corrected chi connectivity index (χ3v) is 3.03. The van der Waals surface area contributed by atoms with Crippen LogP contribution in [0.1, 0.15) is 19.3 Å². The average molecular weight is 198 g/mol. The van der Waals surface area contributed by atoms with E-state index >= 15 is 0 Å². The Kier molecular flexibility index (Phi) is 3.21. The smallest absolute Gasteiger partial charge is 0.173 e. The summed E-state index contributed by atoms with van der Waals surface area (Å²) >= 11 is 0. The molecule has 0 bridgehead atoms. The molecule has 1 aliphatic carbocycles. The summed E-state index contributed by atoms with van der Waals surface area (Å²) in [6, 6.07) is 0. The van der Waals surface area contributed by atoms with Crippen molar-refractivity contribution in [2.45, 2.75) is 25.0 Å². The molecular formula is C11H18O3. The van der Waals surface area contributed by atoms with Gasteiger partial charge >= 0.3 is 0 Å². The van der Waals surface area contributed by atoms with Crippen molar-refractivity contribution >= 4 is 0 Å². The molecule has 2 aliphatic rings. The molecule has 3 nitrogen and oxygen atoms in total. The Morgan fingerprint density at radius 1 is 1.43 bits per heavy atom. The third kappa shape index (κ3) is 1.85. The molecule has 2 rings (SSSR count). The molecule has 2 fully saturated rings. The Hall–Kier alpha value is -0.380.